The van der Waals surface area contributed by atoms with Crippen molar-refractivity contribution in [1.82, 2.24) is 0 Å². The second-order valence-corrected chi connectivity index (χ2v) is 2.08. The average molecular weight is 574 g/mol. The molecular weight excluding hydrogens is 536 g/mol. The van der Waals surface area contributed by atoms with Gasteiger partial charge in [-0.2, -0.15) is 0 Å². The van der Waals surface area contributed by atoms with Gasteiger partial charge in [0.2, 0.25) is 0 Å². The van der Waals surface area contributed by atoms with Crippen molar-refractivity contribution in [3.63, 3.8) is 0 Å². The minimum atomic E-state index is -2.17. The Balaban J connectivity index is -0.00000000697. The maximum Gasteiger partial charge on any atom is 0.631 e. The largest absolute Gasteiger partial charge is 0.631 e. The van der Waals surface area contributed by atoms with Crippen LogP contribution in [0.5, 0.6) is 0 Å². The van der Waals surface area contributed by atoms with Crippen molar-refractivity contribution < 1.29 is 145 Å². The zero-order chi connectivity index (χ0) is 21.5. The Bertz CT molecular complexity index is 104. The molecule has 0 saturated heterocycles. The Hall–Kier alpha value is 0.270. The third kappa shape index (κ3) is 491000. The number of hydrogen-bond donors (Lipinski definition) is 18. The van der Waals surface area contributed by atoms with E-state index in [-0.39, 0.29) is 84.3 Å². The van der Waals surface area contributed by atoms with E-state index in [2.05, 4.69) is 0 Å². The van der Waals surface area contributed by atoms with Gasteiger partial charge in [0.15, 0.2) is 0 Å². The number of rotatable bonds is 0. The van der Waals surface area contributed by atoms with Gasteiger partial charge in [0.1, 0.15) is 0 Å². The Morgan fingerprint density at radius 1 is 0.171 bits per heavy atom. The predicted molar refractivity (Wildman–Crippen MR) is 116 cm³/mol. The van der Waals surface area contributed by atoms with E-state index in [1.807, 2.05) is 0 Å². The van der Waals surface area contributed by atoms with Gasteiger partial charge in [-0.1, -0.05) is 0 Å². The van der Waals surface area contributed by atoms with E-state index < -0.39 is 43.9 Å². The molecule has 0 aliphatic heterocycles. The van der Waals surface area contributed by atoms with E-state index in [1.54, 1.807) is 0 Å². The van der Waals surface area contributed by atoms with Crippen LogP contribution in [-0.2, 0) is 0 Å². The maximum atomic E-state index is 7.17. The smallest absolute Gasteiger partial charge is 0.412 e. The fourth-order valence-electron chi connectivity index (χ4n) is 0. The van der Waals surface area contributed by atoms with Crippen molar-refractivity contribution >= 4 is 73.5 Å². The molecule has 0 aliphatic carbocycles. The van der Waals surface area contributed by atoms with Gasteiger partial charge in [-0.3, -0.25) is 0 Å². The van der Waals surface area contributed by atoms with Crippen molar-refractivity contribution in [3.8, 4) is 0 Å². The van der Waals surface area contributed by atoms with Gasteiger partial charge in [0, 0.05) is 29.6 Å². The van der Waals surface area contributed by atoms with E-state index in [4.69, 9.17) is 90.4 Å². The molecule has 0 rings (SSSR count). The topological polar surface area (TPSA) is 679 Å². The van der Waals surface area contributed by atoms with Gasteiger partial charge in [-0.25, -0.2) is 0 Å². The van der Waals surface area contributed by atoms with Crippen LogP contribution in [0.4, 0.5) is 0 Å². The Labute approximate surface area is 218 Å². The summed E-state index contributed by atoms with van der Waals surface area (Å²) in [5.41, 5.74) is 0. The minimum absolute atomic E-state index is 0. The summed E-state index contributed by atoms with van der Waals surface area (Å²) in [5.74, 6) is 0. The molecule has 0 amide bonds. The zero-order valence-electron chi connectivity index (χ0n) is 17.5. The summed E-state index contributed by atoms with van der Waals surface area (Å²) >= 11 is 0. The minimum Gasteiger partial charge on any atom is -0.412 e. The summed E-state index contributed by atoms with van der Waals surface area (Å²) in [4.78, 5) is 0. The molecule has 28 nitrogen and oxygen atoms in total. The molecule has 35 heteroatoms. The zero-order valence-corrected chi connectivity index (χ0v) is 19.5. The van der Waals surface area contributed by atoms with Crippen LogP contribution in [0.2, 0.25) is 0 Å². The summed E-state index contributed by atoms with van der Waals surface area (Å²) in [7, 11) is -13.0. The van der Waals surface area contributed by atoms with Crippen LogP contribution in [0, 0.1) is 0 Å². The molecule has 1 radical (unpaired) electrons. The molecule has 0 heterocycles. The molecule has 0 aliphatic rings. The third-order valence-corrected chi connectivity index (χ3v) is 0. The SMILES string of the molecule is O.O.O.O.O.O.O.O.O.O.OB(O)O.OB(O)O.OB(O)O.OB(O)O.OB(O)O.OB(O)O.[Na]. The molecule has 0 bridgehead atoms. The molecule has 225 valence electrons. The molecule has 38 N–H and O–H groups in total. The van der Waals surface area contributed by atoms with Crippen molar-refractivity contribution in [2.75, 3.05) is 0 Å². The number of hydrogen-bond acceptors (Lipinski definition) is 18. The molecule has 35 heavy (non-hydrogen) atoms. The Morgan fingerprint density at radius 2 is 0.171 bits per heavy atom. The van der Waals surface area contributed by atoms with Crippen molar-refractivity contribution in [2.24, 2.45) is 0 Å². The van der Waals surface area contributed by atoms with Crippen LogP contribution < -0.4 is 0 Å². The molecule has 0 aromatic heterocycles. The molecule has 0 atom stereocenters. The maximum absolute atomic E-state index is 7.17. The fourth-order valence-corrected chi connectivity index (χ4v) is 0. The first-order valence-corrected chi connectivity index (χ1v) is 4.65. The van der Waals surface area contributed by atoms with Gasteiger partial charge in [0.05, 0.1) is 0 Å². The second kappa shape index (κ2) is 114. The quantitative estimate of drug-likeness (QED) is 0.119. The Morgan fingerprint density at radius 3 is 0.171 bits per heavy atom. The van der Waals surface area contributed by atoms with Crippen molar-refractivity contribution in [3.05, 3.63) is 0 Å². The first-order valence-electron chi connectivity index (χ1n) is 4.65. The monoisotopic (exact) mass is 575 g/mol. The van der Waals surface area contributed by atoms with E-state index in [0.717, 1.165) is 0 Å². The van der Waals surface area contributed by atoms with E-state index >= 15 is 0 Å². The summed E-state index contributed by atoms with van der Waals surface area (Å²) in [5, 5.41) is 129. The van der Waals surface area contributed by atoms with E-state index in [9.17, 15) is 0 Å². The van der Waals surface area contributed by atoms with Crippen molar-refractivity contribution in [2.45, 2.75) is 0 Å². The van der Waals surface area contributed by atoms with Crippen molar-refractivity contribution in [1.29, 1.82) is 0 Å². The van der Waals surface area contributed by atoms with Crippen LogP contribution >= 0.6 is 0 Å². The standard InChI is InChI=1S/6BH3O3.Na.10H2O/c6*2-1(3)4;;;;;;;;;;;/h6*2-4H;;10*1H2. The fraction of sp³-hybridized carbons (Fsp3) is 0. The second-order valence-electron chi connectivity index (χ2n) is 2.08. The first-order chi connectivity index (χ1) is 10.4. The van der Waals surface area contributed by atoms with E-state index in [1.165, 1.54) is 0 Å². The van der Waals surface area contributed by atoms with E-state index in [0.29, 0.717) is 0 Å². The normalized spacial score (nSPS) is 4.63. The molecule has 0 fully saturated rings. The van der Waals surface area contributed by atoms with Crippen LogP contribution in [-0.4, -0.2) is 219 Å². The first kappa shape index (κ1) is 124. The van der Waals surface area contributed by atoms with Gasteiger partial charge < -0.3 is 145 Å². The van der Waals surface area contributed by atoms with Gasteiger partial charge >= 0.3 is 43.9 Å². The molecule has 0 saturated carbocycles. The summed E-state index contributed by atoms with van der Waals surface area (Å²) in [6, 6.07) is 0. The summed E-state index contributed by atoms with van der Waals surface area (Å²) < 4.78 is 0. The third-order valence-electron chi connectivity index (χ3n) is 0. The summed E-state index contributed by atoms with van der Waals surface area (Å²) in [6.45, 7) is 0. The Kier molecular flexibility index (Phi) is 403. The average Bonchev–Trinajstić information content (AvgIpc) is 2.08. The molecule has 0 unspecified atom stereocenters. The van der Waals surface area contributed by atoms with Gasteiger partial charge in [-0.15, -0.1) is 0 Å². The molecular formula is H38B6NaO28. The van der Waals surface area contributed by atoms with Crippen LogP contribution in [0.3, 0.4) is 0 Å². The van der Waals surface area contributed by atoms with Crippen LogP contribution in [0.1, 0.15) is 0 Å². The van der Waals surface area contributed by atoms with Crippen LogP contribution in [0.25, 0.3) is 0 Å². The summed E-state index contributed by atoms with van der Waals surface area (Å²) in [6.07, 6.45) is 0. The molecule has 0 aromatic rings. The molecule has 0 aromatic carbocycles. The van der Waals surface area contributed by atoms with Crippen LogP contribution in [0.15, 0.2) is 0 Å². The predicted octanol–water partition coefficient (Wildman–Crippen LogP) is -20.9. The van der Waals surface area contributed by atoms with Gasteiger partial charge in [-0.05, 0) is 0 Å². The molecule has 0 spiro atoms. The van der Waals surface area contributed by atoms with Gasteiger partial charge in [0.25, 0.3) is 0 Å².